The van der Waals surface area contributed by atoms with Gasteiger partial charge in [0.25, 0.3) is 0 Å². The van der Waals surface area contributed by atoms with Crippen molar-refractivity contribution in [3.63, 3.8) is 0 Å². The van der Waals surface area contributed by atoms with Crippen LogP contribution >= 0.6 is 0 Å². The molecule has 0 fully saturated rings. The molecule has 5 heteroatoms. The molecule has 5 aromatic rings. The molecule has 0 unspecified atom stereocenters. The molecule has 4 heterocycles. The number of aromatic nitrogens is 2. The number of anilines is 1. The zero-order valence-electron chi connectivity index (χ0n) is 20.6. The minimum Gasteiger partial charge on any atom is -0.435 e. The predicted octanol–water partition coefficient (Wildman–Crippen LogP) is 6.96. The zero-order valence-corrected chi connectivity index (χ0v) is 20.6. The molecule has 1 atom stereocenters. The molecule has 5 nitrogen and oxygen atoms in total. The van der Waals surface area contributed by atoms with Gasteiger partial charge >= 0.3 is 0 Å². The lowest BCUT2D eigenvalue weighted by Crippen LogP contribution is -2.47. The van der Waals surface area contributed by atoms with Crippen molar-refractivity contribution in [1.82, 2.24) is 14.5 Å². The van der Waals surface area contributed by atoms with Gasteiger partial charge in [0.15, 0.2) is 5.58 Å². The number of para-hydroxylation sites is 1. The van der Waals surface area contributed by atoms with Gasteiger partial charge in [-0.1, -0.05) is 30.3 Å². The Balaban J connectivity index is 1.44. The lowest BCUT2D eigenvalue weighted by atomic mass is 9.97. The molecule has 0 spiro atoms. The van der Waals surface area contributed by atoms with Gasteiger partial charge in [0.2, 0.25) is 5.71 Å². The van der Waals surface area contributed by atoms with Crippen LogP contribution in [0.4, 0.5) is 5.69 Å². The first-order valence-corrected chi connectivity index (χ1v) is 11.9. The van der Waals surface area contributed by atoms with Crippen molar-refractivity contribution in [3.8, 4) is 0 Å². The molecule has 0 N–H and O–H groups in total. The predicted molar refractivity (Wildman–Crippen MR) is 140 cm³/mol. The first kappa shape index (κ1) is 20.8. The first-order chi connectivity index (χ1) is 16.3. The van der Waals surface area contributed by atoms with E-state index in [0.29, 0.717) is 5.71 Å². The van der Waals surface area contributed by atoms with Crippen LogP contribution in [-0.4, -0.2) is 20.6 Å². The Bertz CT molecular complexity index is 1600. The molecule has 3 aromatic heterocycles. The fourth-order valence-corrected chi connectivity index (χ4v) is 5.67. The standard InChI is InChI=1S/C29H30N4O/c1-18-11-13-22-23-14-12-19(2)30-28(23)34-27(22)26(18)32-15-16-33(20(32)3)29(4,5)25-17-21-9-7-8-10-24(21)31(25)6/h7-17,20H,1-6H3/t20-/m1/s1. The Morgan fingerprint density at radius 3 is 2.50 bits per heavy atom. The van der Waals surface area contributed by atoms with Gasteiger partial charge in [-0.15, -0.1) is 0 Å². The van der Waals surface area contributed by atoms with Gasteiger partial charge in [-0.05, 0) is 69.8 Å². The highest BCUT2D eigenvalue weighted by molar-refractivity contribution is 6.08. The molecule has 1 aliphatic rings. The topological polar surface area (TPSA) is 37.4 Å². The van der Waals surface area contributed by atoms with Gasteiger partial charge in [-0.2, -0.15) is 0 Å². The zero-order chi connectivity index (χ0) is 23.8. The second-order valence-corrected chi connectivity index (χ2v) is 9.97. The van der Waals surface area contributed by atoms with Crippen LogP contribution in [0.5, 0.6) is 0 Å². The Labute approximate surface area is 199 Å². The number of hydrogen-bond acceptors (Lipinski definition) is 4. The lowest BCUT2D eigenvalue weighted by Gasteiger charge is -2.42. The monoisotopic (exact) mass is 450 g/mol. The number of hydrogen-bond donors (Lipinski definition) is 0. The quantitative estimate of drug-likeness (QED) is 0.298. The van der Waals surface area contributed by atoms with E-state index >= 15 is 0 Å². The van der Waals surface area contributed by atoms with E-state index in [4.69, 9.17) is 4.42 Å². The summed E-state index contributed by atoms with van der Waals surface area (Å²) in [5, 5.41) is 3.44. The van der Waals surface area contributed by atoms with E-state index in [0.717, 1.165) is 27.7 Å². The fraction of sp³-hybridized carbons (Fsp3) is 0.276. The molecule has 0 aliphatic carbocycles. The van der Waals surface area contributed by atoms with Crippen LogP contribution in [0, 0.1) is 13.8 Å². The summed E-state index contributed by atoms with van der Waals surface area (Å²) in [6.07, 6.45) is 4.51. The summed E-state index contributed by atoms with van der Waals surface area (Å²) in [7, 11) is 2.16. The number of benzene rings is 2. The van der Waals surface area contributed by atoms with Crippen molar-refractivity contribution in [3.05, 3.63) is 83.9 Å². The van der Waals surface area contributed by atoms with Gasteiger partial charge in [0.05, 0.1) is 11.2 Å². The first-order valence-electron chi connectivity index (χ1n) is 11.9. The lowest BCUT2D eigenvalue weighted by molar-refractivity contribution is 0.145. The van der Waals surface area contributed by atoms with E-state index in [-0.39, 0.29) is 11.7 Å². The molecular formula is C29H30N4O. The number of pyridine rings is 1. The molecule has 0 saturated carbocycles. The van der Waals surface area contributed by atoms with Crippen LogP contribution < -0.4 is 4.90 Å². The number of nitrogens with zero attached hydrogens (tertiary/aromatic N) is 4. The number of aryl methyl sites for hydroxylation is 3. The molecule has 0 bridgehead atoms. The van der Waals surface area contributed by atoms with Gasteiger partial charge in [0, 0.05) is 47.1 Å². The van der Waals surface area contributed by atoms with Crippen molar-refractivity contribution in [2.75, 3.05) is 4.90 Å². The van der Waals surface area contributed by atoms with Crippen molar-refractivity contribution < 1.29 is 4.42 Å². The third kappa shape index (κ3) is 2.82. The minimum atomic E-state index is -0.215. The number of fused-ring (bicyclic) bond motifs is 4. The van der Waals surface area contributed by atoms with E-state index in [1.54, 1.807) is 0 Å². The summed E-state index contributed by atoms with van der Waals surface area (Å²) in [5.74, 6) is 0. The maximum atomic E-state index is 6.36. The highest BCUT2D eigenvalue weighted by Crippen LogP contribution is 2.42. The van der Waals surface area contributed by atoms with Crippen LogP contribution in [0.2, 0.25) is 0 Å². The maximum Gasteiger partial charge on any atom is 0.227 e. The molecule has 0 amide bonds. The van der Waals surface area contributed by atoms with E-state index in [1.165, 1.54) is 22.2 Å². The summed E-state index contributed by atoms with van der Waals surface area (Å²) in [4.78, 5) is 9.40. The van der Waals surface area contributed by atoms with Gasteiger partial charge < -0.3 is 18.8 Å². The molecule has 34 heavy (non-hydrogen) atoms. The maximum absolute atomic E-state index is 6.36. The van der Waals surface area contributed by atoms with Crippen LogP contribution in [-0.2, 0) is 12.6 Å². The molecule has 6 rings (SSSR count). The summed E-state index contributed by atoms with van der Waals surface area (Å²) in [6.45, 7) is 11.0. The van der Waals surface area contributed by atoms with Crippen molar-refractivity contribution in [2.24, 2.45) is 7.05 Å². The Morgan fingerprint density at radius 2 is 1.71 bits per heavy atom. The third-order valence-electron chi connectivity index (χ3n) is 7.50. The molecule has 172 valence electrons. The summed E-state index contributed by atoms with van der Waals surface area (Å²) in [5.41, 5.74) is 7.17. The fourth-order valence-electron chi connectivity index (χ4n) is 5.67. The Kier molecular flexibility index (Phi) is 4.37. The highest BCUT2D eigenvalue weighted by Gasteiger charge is 2.38. The van der Waals surface area contributed by atoms with Gasteiger partial charge in [0.1, 0.15) is 6.17 Å². The normalized spacial score (nSPS) is 16.6. The van der Waals surface area contributed by atoms with Crippen molar-refractivity contribution >= 4 is 38.7 Å². The Hall–Kier alpha value is -3.73. The molecule has 2 aromatic carbocycles. The second-order valence-electron chi connectivity index (χ2n) is 9.97. The van der Waals surface area contributed by atoms with Crippen LogP contribution in [0.15, 0.2) is 71.4 Å². The van der Waals surface area contributed by atoms with Crippen LogP contribution in [0.3, 0.4) is 0 Å². The van der Waals surface area contributed by atoms with Crippen LogP contribution in [0.25, 0.3) is 33.0 Å². The summed E-state index contributed by atoms with van der Waals surface area (Å²) < 4.78 is 8.68. The van der Waals surface area contributed by atoms with E-state index in [2.05, 4.69) is 115 Å². The summed E-state index contributed by atoms with van der Waals surface area (Å²) >= 11 is 0. The van der Waals surface area contributed by atoms with Crippen molar-refractivity contribution in [2.45, 2.75) is 46.3 Å². The largest absolute Gasteiger partial charge is 0.435 e. The third-order valence-corrected chi connectivity index (χ3v) is 7.50. The highest BCUT2D eigenvalue weighted by atomic mass is 16.3. The van der Waals surface area contributed by atoms with Crippen molar-refractivity contribution in [1.29, 1.82) is 0 Å². The average Bonchev–Trinajstić information content (AvgIpc) is 3.47. The SMILES string of the molecule is Cc1ccc2c(n1)oc1c(N3C=CN(C(C)(C)c4cc5ccccc5n4C)[C@@H]3C)c(C)ccc12. The van der Waals surface area contributed by atoms with E-state index in [9.17, 15) is 0 Å². The van der Waals surface area contributed by atoms with E-state index < -0.39 is 0 Å². The Morgan fingerprint density at radius 1 is 0.941 bits per heavy atom. The summed E-state index contributed by atoms with van der Waals surface area (Å²) in [6, 6.07) is 19.4. The van der Waals surface area contributed by atoms with E-state index in [1.807, 2.05) is 13.0 Å². The van der Waals surface area contributed by atoms with Crippen LogP contribution in [0.1, 0.15) is 37.7 Å². The van der Waals surface area contributed by atoms with Gasteiger partial charge in [-0.25, -0.2) is 4.98 Å². The average molecular weight is 451 g/mol. The molecule has 1 aliphatic heterocycles. The molecule has 0 saturated heterocycles. The second kappa shape index (κ2) is 7.13. The molecular weight excluding hydrogens is 420 g/mol. The molecule has 0 radical (unpaired) electrons. The minimum absolute atomic E-state index is 0.111. The van der Waals surface area contributed by atoms with Gasteiger partial charge in [-0.3, -0.25) is 0 Å². The smallest absolute Gasteiger partial charge is 0.227 e. The number of rotatable bonds is 3. The number of furan rings is 1.